The minimum Gasteiger partial charge on any atom is -0.469 e. The molecule has 94 valence electrons. The van der Waals surface area contributed by atoms with E-state index < -0.39 is 11.8 Å². The molecule has 0 aliphatic carbocycles. The van der Waals surface area contributed by atoms with E-state index in [-0.39, 0.29) is 0 Å². The number of nitrogens with one attached hydrogen (secondary N) is 1. The van der Waals surface area contributed by atoms with Gasteiger partial charge in [-0.1, -0.05) is 0 Å². The number of carbonyl (C=O) groups is 2. The van der Waals surface area contributed by atoms with Crippen LogP contribution < -0.4 is 11.1 Å². The molecular formula is C11H17N3O3. The summed E-state index contributed by atoms with van der Waals surface area (Å²) in [5, 5.41) is 2.43. The third-order valence-electron chi connectivity index (χ3n) is 2.34. The van der Waals surface area contributed by atoms with Gasteiger partial charge in [-0.05, 0) is 13.0 Å². The number of aryl methyl sites for hydroxylation is 1. The molecule has 0 saturated heterocycles. The average Bonchev–Trinajstić information content (AvgIpc) is 2.70. The maximum Gasteiger partial charge on any atom is 0.311 e. The summed E-state index contributed by atoms with van der Waals surface area (Å²) in [4.78, 5) is 24.3. The molecule has 1 heterocycles. The van der Waals surface area contributed by atoms with E-state index in [1.165, 1.54) is 4.90 Å². The Morgan fingerprint density at radius 3 is 2.76 bits per heavy atom. The van der Waals surface area contributed by atoms with Crippen LogP contribution in [0.1, 0.15) is 11.3 Å². The van der Waals surface area contributed by atoms with E-state index in [2.05, 4.69) is 5.32 Å². The largest absolute Gasteiger partial charge is 0.469 e. The van der Waals surface area contributed by atoms with E-state index in [0.29, 0.717) is 19.6 Å². The number of amides is 2. The molecule has 6 heteroatoms. The number of hydrogen-bond acceptors (Lipinski definition) is 4. The van der Waals surface area contributed by atoms with Crippen LogP contribution in [-0.4, -0.2) is 36.9 Å². The lowest BCUT2D eigenvalue weighted by Gasteiger charge is -2.15. The Kier molecular flexibility index (Phi) is 4.71. The van der Waals surface area contributed by atoms with E-state index in [4.69, 9.17) is 10.2 Å². The molecule has 2 amide bonds. The second kappa shape index (κ2) is 6.05. The maximum atomic E-state index is 11.6. The maximum absolute atomic E-state index is 11.6. The van der Waals surface area contributed by atoms with Gasteiger partial charge >= 0.3 is 11.8 Å². The normalized spacial score (nSPS) is 10.1. The van der Waals surface area contributed by atoms with Crippen molar-refractivity contribution in [3.8, 4) is 0 Å². The standard InChI is InChI=1S/C11H17N3O3/c1-8-9(3-6-17-8)7-14(2)11(16)10(15)13-5-4-12/h3,6H,4-5,7,12H2,1-2H3,(H,13,15). The van der Waals surface area contributed by atoms with Crippen LogP contribution in [0.2, 0.25) is 0 Å². The van der Waals surface area contributed by atoms with Crippen molar-refractivity contribution < 1.29 is 14.0 Å². The minimum absolute atomic E-state index is 0.295. The SMILES string of the molecule is Cc1occc1CN(C)C(=O)C(=O)NCCN. The molecule has 0 saturated carbocycles. The second-order valence-electron chi connectivity index (χ2n) is 3.71. The third-order valence-corrected chi connectivity index (χ3v) is 2.34. The zero-order chi connectivity index (χ0) is 12.8. The lowest BCUT2D eigenvalue weighted by Crippen LogP contribution is -2.42. The molecular weight excluding hydrogens is 222 g/mol. The molecule has 0 unspecified atom stereocenters. The van der Waals surface area contributed by atoms with Crippen molar-refractivity contribution in [2.75, 3.05) is 20.1 Å². The second-order valence-corrected chi connectivity index (χ2v) is 3.71. The fourth-order valence-electron chi connectivity index (χ4n) is 1.34. The number of furan rings is 1. The van der Waals surface area contributed by atoms with E-state index in [1.807, 2.05) is 6.92 Å². The summed E-state index contributed by atoms with van der Waals surface area (Å²) >= 11 is 0. The zero-order valence-corrected chi connectivity index (χ0v) is 10.0. The van der Waals surface area contributed by atoms with Crippen molar-refractivity contribution in [3.05, 3.63) is 23.7 Å². The molecule has 0 bridgehead atoms. The summed E-state index contributed by atoms with van der Waals surface area (Å²) in [6.45, 7) is 2.76. The number of carbonyl (C=O) groups excluding carboxylic acids is 2. The number of likely N-dealkylation sites (N-methyl/N-ethyl adjacent to an activating group) is 1. The van der Waals surface area contributed by atoms with Crippen molar-refractivity contribution in [3.63, 3.8) is 0 Å². The molecule has 0 aliphatic rings. The summed E-state index contributed by atoms with van der Waals surface area (Å²) in [5.74, 6) is -0.481. The minimum atomic E-state index is -0.640. The Bertz CT molecular complexity index is 400. The topological polar surface area (TPSA) is 88.6 Å². The van der Waals surface area contributed by atoms with Crippen LogP contribution in [0, 0.1) is 6.92 Å². The molecule has 1 aromatic heterocycles. The molecule has 3 N–H and O–H groups in total. The summed E-state index contributed by atoms with van der Waals surface area (Å²) < 4.78 is 5.12. The first-order valence-electron chi connectivity index (χ1n) is 5.32. The van der Waals surface area contributed by atoms with Gasteiger partial charge < -0.3 is 20.4 Å². The predicted molar refractivity (Wildman–Crippen MR) is 62.0 cm³/mol. The average molecular weight is 239 g/mol. The van der Waals surface area contributed by atoms with Crippen LogP contribution in [0.25, 0.3) is 0 Å². The highest BCUT2D eigenvalue weighted by atomic mass is 16.3. The molecule has 0 radical (unpaired) electrons. The first kappa shape index (κ1) is 13.2. The Hall–Kier alpha value is -1.82. The molecule has 17 heavy (non-hydrogen) atoms. The fourth-order valence-corrected chi connectivity index (χ4v) is 1.34. The van der Waals surface area contributed by atoms with Gasteiger partial charge in [-0.25, -0.2) is 0 Å². The molecule has 1 rings (SSSR count). The Morgan fingerprint density at radius 2 is 2.24 bits per heavy atom. The van der Waals surface area contributed by atoms with Crippen LogP contribution in [0.3, 0.4) is 0 Å². The number of nitrogens with zero attached hydrogens (tertiary/aromatic N) is 1. The monoisotopic (exact) mass is 239 g/mol. The molecule has 1 aromatic rings. The zero-order valence-electron chi connectivity index (χ0n) is 10.0. The van der Waals surface area contributed by atoms with Gasteiger partial charge in [0.25, 0.3) is 0 Å². The Balaban J connectivity index is 2.52. The predicted octanol–water partition coefficient (Wildman–Crippen LogP) is -0.379. The highest BCUT2D eigenvalue weighted by Gasteiger charge is 2.18. The van der Waals surface area contributed by atoms with Crippen LogP contribution in [0.15, 0.2) is 16.7 Å². The lowest BCUT2D eigenvalue weighted by atomic mass is 10.2. The summed E-state index contributed by atoms with van der Waals surface area (Å²) in [6, 6.07) is 1.77. The van der Waals surface area contributed by atoms with E-state index >= 15 is 0 Å². The molecule has 0 fully saturated rings. The van der Waals surface area contributed by atoms with Crippen LogP contribution in [-0.2, 0) is 16.1 Å². The quantitative estimate of drug-likeness (QED) is 0.701. The van der Waals surface area contributed by atoms with Gasteiger partial charge in [0, 0.05) is 32.2 Å². The third kappa shape index (κ3) is 3.60. The number of rotatable bonds is 4. The van der Waals surface area contributed by atoms with Gasteiger partial charge in [-0.15, -0.1) is 0 Å². The van der Waals surface area contributed by atoms with Gasteiger partial charge in [0.05, 0.1) is 6.26 Å². The van der Waals surface area contributed by atoms with Crippen LogP contribution in [0.4, 0.5) is 0 Å². The van der Waals surface area contributed by atoms with Gasteiger partial charge in [-0.2, -0.15) is 0 Å². The highest BCUT2D eigenvalue weighted by Crippen LogP contribution is 2.10. The van der Waals surface area contributed by atoms with Gasteiger partial charge in [0.1, 0.15) is 5.76 Å². The summed E-state index contributed by atoms with van der Waals surface area (Å²) in [6.07, 6.45) is 1.55. The lowest BCUT2D eigenvalue weighted by molar-refractivity contribution is -0.145. The van der Waals surface area contributed by atoms with Crippen LogP contribution in [0.5, 0.6) is 0 Å². The van der Waals surface area contributed by atoms with Gasteiger partial charge in [0.2, 0.25) is 0 Å². The van der Waals surface area contributed by atoms with Crippen LogP contribution >= 0.6 is 0 Å². The van der Waals surface area contributed by atoms with E-state index in [9.17, 15) is 9.59 Å². The first-order valence-corrected chi connectivity index (χ1v) is 5.32. The Labute approximate surface area is 99.8 Å². The number of nitrogens with two attached hydrogens (primary N) is 1. The molecule has 0 atom stereocenters. The molecule has 0 aliphatic heterocycles. The first-order chi connectivity index (χ1) is 8.06. The summed E-state index contributed by atoms with van der Waals surface area (Å²) in [5.41, 5.74) is 6.11. The van der Waals surface area contributed by atoms with Crippen molar-refractivity contribution in [1.82, 2.24) is 10.2 Å². The smallest absolute Gasteiger partial charge is 0.311 e. The summed E-state index contributed by atoms with van der Waals surface area (Å²) in [7, 11) is 1.57. The molecule has 0 aromatic carbocycles. The van der Waals surface area contributed by atoms with Crippen molar-refractivity contribution >= 4 is 11.8 Å². The van der Waals surface area contributed by atoms with Gasteiger partial charge in [0.15, 0.2) is 0 Å². The highest BCUT2D eigenvalue weighted by molar-refractivity contribution is 6.34. The Morgan fingerprint density at radius 1 is 1.53 bits per heavy atom. The number of hydrogen-bond donors (Lipinski definition) is 2. The fraction of sp³-hybridized carbons (Fsp3) is 0.455. The van der Waals surface area contributed by atoms with E-state index in [1.54, 1.807) is 19.4 Å². The van der Waals surface area contributed by atoms with E-state index in [0.717, 1.165) is 11.3 Å². The van der Waals surface area contributed by atoms with Crippen molar-refractivity contribution in [1.29, 1.82) is 0 Å². The van der Waals surface area contributed by atoms with Gasteiger partial charge in [-0.3, -0.25) is 9.59 Å². The van der Waals surface area contributed by atoms with Crippen molar-refractivity contribution in [2.45, 2.75) is 13.5 Å². The molecule has 6 nitrogen and oxygen atoms in total. The van der Waals surface area contributed by atoms with Crippen molar-refractivity contribution in [2.24, 2.45) is 5.73 Å². The molecule has 0 spiro atoms.